The predicted octanol–water partition coefficient (Wildman–Crippen LogP) is 3.79. The number of nitrogens with one attached hydrogen (secondary N) is 2. The molecule has 0 aliphatic carbocycles. The molecule has 2 N–H and O–H groups in total. The van der Waals surface area contributed by atoms with Crippen LogP contribution in [0.1, 0.15) is 30.9 Å². The summed E-state index contributed by atoms with van der Waals surface area (Å²) in [6.45, 7) is 2.88. The van der Waals surface area contributed by atoms with Crippen molar-refractivity contribution in [2.75, 3.05) is 6.54 Å². The first-order valence-corrected chi connectivity index (χ1v) is 9.98. The van der Waals surface area contributed by atoms with E-state index in [1.165, 1.54) is 6.21 Å². The van der Waals surface area contributed by atoms with Crippen molar-refractivity contribution in [3.05, 3.63) is 77.9 Å². The summed E-state index contributed by atoms with van der Waals surface area (Å²) in [6.07, 6.45) is 3.23. The number of hydrogen-bond donors (Lipinski definition) is 2. The molecule has 0 atom stereocenters. The summed E-state index contributed by atoms with van der Waals surface area (Å²) in [5.41, 5.74) is 4.02. The molecule has 6 nitrogen and oxygen atoms in total. The second-order valence-electron chi connectivity index (χ2n) is 6.77. The molecule has 0 unspecified atom stereocenters. The number of ether oxygens (including phenoxy) is 1. The van der Waals surface area contributed by atoms with E-state index in [-0.39, 0.29) is 0 Å². The van der Waals surface area contributed by atoms with E-state index in [4.69, 9.17) is 4.74 Å². The quantitative estimate of drug-likeness (QED) is 0.260. The fourth-order valence-corrected chi connectivity index (χ4v) is 2.96. The fraction of sp³-hybridized carbons (Fsp3) is 0.208. The molecule has 2 amide bonds. The minimum absolute atomic E-state index is 0.401. The fourth-order valence-electron chi connectivity index (χ4n) is 2.96. The first kappa shape index (κ1) is 21.0. The van der Waals surface area contributed by atoms with E-state index in [0.717, 1.165) is 29.2 Å². The number of amides is 2. The Bertz CT molecular complexity index is 1040. The van der Waals surface area contributed by atoms with Crippen molar-refractivity contribution in [2.45, 2.75) is 26.4 Å². The molecular weight excluding hydrogens is 378 g/mol. The maximum Gasteiger partial charge on any atom is 0.329 e. The van der Waals surface area contributed by atoms with Gasteiger partial charge in [-0.05, 0) is 34.9 Å². The summed E-state index contributed by atoms with van der Waals surface area (Å²) < 4.78 is 6.02. The van der Waals surface area contributed by atoms with Crippen molar-refractivity contribution < 1.29 is 14.3 Å². The van der Waals surface area contributed by atoms with Crippen molar-refractivity contribution in [3.63, 3.8) is 0 Å². The van der Waals surface area contributed by atoms with Crippen LogP contribution in [-0.2, 0) is 16.2 Å². The number of benzene rings is 3. The Balaban J connectivity index is 1.62. The lowest BCUT2D eigenvalue weighted by Crippen LogP contribution is -2.38. The summed E-state index contributed by atoms with van der Waals surface area (Å²) in [4.78, 5) is 23.5. The van der Waals surface area contributed by atoms with Crippen LogP contribution in [0, 0.1) is 0 Å². The van der Waals surface area contributed by atoms with Gasteiger partial charge in [0.05, 0.1) is 6.21 Å². The molecule has 0 saturated carbocycles. The lowest BCUT2D eigenvalue weighted by atomic mass is 10.1. The molecule has 3 aromatic carbocycles. The SMILES string of the molecule is CCCCNC(=O)C(=O)N/N=C\c1ccccc1OCc1cccc2ccccc12. The molecule has 0 aromatic heterocycles. The molecule has 0 saturated heterocycles. The van der Waals surface area contributed by atoms with E-state index >= 15 is 0 Å². The number of nitrogens with zero attached hydrogens (tertiary/aromatic N) is 1. The summed E-state index contributed by atoms with van der Waals surface area (Å²) in [7, 11) is 0. The lowest BCUT2D eigenvalue weighted by molar-refractivity contribution is -0.139. The molecule has 0 radical (unpaired) electrons. The topological polar surface area (TPSA) is 79.8 Å². The normalized spacial score (nSPS) is 10.8. The molecule has 3 aromatic rings. The number of rotatable bonds is 8. The van der Waals surface area contributed by atoms with E-state index < -0.39 is 11.8 Å². The maximum atomic E-state index is 11.8. The van der Waals surface area contributed by atoms with Crippen LogP contribution in [0.15, 0.2) is 71.8 Å². The number of hydrogen-bond acceptors (Lipinski definition) is 4. The van der Waals surface area contributed by atoms with Gasteiger partial charge in [-0.25, -0.2) is 5.43 Å². The first-order chi connectivity index (χ1) is 14.7. The minimum atomic E-state index is -0.795. The van der Waals surface area contributed by atoms with E-state index in [2.05, 4.69) is 34.0 Å². The van der Waals surface area contributed by atoms with Crippen molar-refractivity contribution in [2.24, 2.45) is 5.10 Å². The minimum Gasteiger partial charge on any atom is -0.488 e. The largest absolute Gasteiger partial charge is 0.488 e. The highest BCUT2D eigenvalue weighted by molar-refractivity contribution is 6.35. The Hall–Kier alpha value is -3.67. The number of para-hydroxylation sites is 1. The van der Waals surface area contributed by atoms with Crippen LogP contribution in [0.5, 0.6) is 5.75 Å². The van der Waals surface area contributed by atoms with Crippen LogP contribution in [-0.4, -0.2) is 24.6 Å². The van der Waals surface area contributed by atoms with Gasteiger partial charge in [-0.3, -0.25) is 9.59 Å². The highest BCUT2D eigenvalue weighted by Crippen LogP contribution is 2.22. The summed E-state index contributed by atoms with van der Waals surface area (Å²) >= 11 is 0. The predicted molar refractivity (Wildman–Crippen MR) is 118 cm³/mol. The van der Waals surface area contributed by atoms with Crippen LogP contribution in [0.2, 0.25) is 0 Å². The smallest absolute Gasteiger partial charge is 0.329 e. The number of carbonyl (C=O) groups is 2. The second kappa shape index (κ2) is 10.8. The van der Waals surface area contributed by atoms with Crippen molar-refractivity contribution in [1.29, 1.82) is 0 Å². The van der Waals surface area contributed by atoms with Crippen LogP contribution < -0.4 is 15.5 Å². The third-order valence-corrected chi connectivity index (χ3v) is 4.57. The molecule has 0 spiro atoms. The molecule has 30 heavy (non-hydrogen) atoms. The molecule has 3 rings (SSSR count). The van der Waals surface area contributed by atoms with E-state index in [9.17, 15) is 9.59 Å². The molecule has 154 valence electrons. The summed E-state index contributed by atoms with van der Waals surface area (Å²) in [5.74, 6) is -0.853. The van der Waals surface area contributed by atoms with E-state index in [1.807, 2.05) is 55.5 Å². The van der Waals surface area contributed by atoms with E-state index in [0.29, 0.717) is 24.5 Å². The number of unbranched alkanes of at least 4 members (excludes halogenated alkanes) is 1. The summed E-state index contributed by atoms with van der Waals surface area (Å²) in [5, 5.41) is 8.74. The van der Waals surface area contributed by atoms with Crippen LogP contribution in [0.4, 0.5) is 0 Å². The van der Waals surface area contributed by atoms with Gasteiger partial charge in [0.2, 0.25) is 0 Å². The van der Waals surface area contributed by atoms with Crippen molar-refractivity contribution in [3.8, 4) is 5.75 Å². The zero-order valence-electron chi connectivity index (χ0n) is 16.9. The third kappa shape index (κ3) is 5.67. The van der Waals surface area contributed by atoms with E-state index in [1.54, 1.807) is 0 Å². The van der Waals surface area contributed by atoms with Gasteiger partial charge < -0.3 is 10.1 Å². The van der Waals surface area contributed by atoms with Gasteiger partial charge in [0.1, 0.15) is 12.4 Å². The summed E-state index contributed by atoms with van der Waals surface area (Å²) in [6, 6.07) is 21.7. The molecule has 0 fully saturated rings. The van der Waals surface area contributed by atoms with Crippen molar-refractivity contribution in [1.82, 2.24) is 10.7 Å². The zero-order chi connectivity index (χ0) is 21.2. The number of hydrazone groups is 1. The average Bonchev–Trinajstić information content (AvgIpc) is 2.78. The van der Waals surface area contributed by atoms with Crippen LogP contribution in [0.3, 0.4) is 0 Å². The highest BCUT2D eigenvalue weighted by atomic mass is 16.5. The van der Waals surface area contributed by atoms with Gasteiger partial charge in [0.25, 0.3) is 0 Å². The highest BCUT2D eigenvalue weighted by Gasteiger charge is 2.11. The Morgan fingerprint density at radius 2 is 1.73 bits per heavy atom. The Kier molecular flexibility index (Phi) is 7.55. The first-order valence-electron chi connectivity index (χ1n) is 9.98. The second-order valence-corrected chi connectivity index (χ2v) is 6.77. The van der Waals surface area contributed by atoms with Gasteiger partial charge in [-0.1, -0.05) is 67.9 Å². The number of fused-ring (bicyclic) bond motifs is 1. The number of carbonyl (C=O) groups excluding carboxylic acids is 2. The third-order valence-electron chi connectivity index (χ3n) is 4.57. The molecule has 0 heterocycles. The molecule has 0 aliphatic rings. The Morgan fingerprint density at radius 1 is 0.967 bits per heavy atom. The standard InChI is InChI=1S/C24H25N3O3/c1-2-3-15-25-23(28)24(29)27-26-16-19-10-5-7-14-22(19)30-17-20-12-8-11-18-9-4-6-13-21(18)20/h4-14,16H,2-3,15,17H2,1H3,(H,25,28)(H,27,29)/b26-16-. The van der Waals surface area contributed by atoms with Gasteiger partial charge in [0, 0.05) is 12.1 Å². The molecule has 6 heteroatoms. The van der Waals surface area contributed by atoms with Gasteiger partial charge in [0.15, 0.2) is 0 Å². The lowest BCUT2D eigenvalue weighted by Gasteiger charge is -2.11. The average molecular weight is 403 g/mol. The molecule has 0 aliphatic heterocycles. The Labute approximate surface area is 175 Å². The van der Waals surface area contributed by atoms with Gasteiger partial charge in [-0.15, -0.1) is 0 Å². The Morgan fingerprint density at radius 3 is 2.60 bits per heavy atom. The van der Waals surface area contributed by atoms with Crippen LogP contribution >= 0.6 is 0 Å². The van der Waals surface area contributed by atoms with Gasteiger partial charge >= 0.3 is 11.8 Å². The van der Waals surface area contributed by atoms with Crippen molar-refractivity contribution >= 4 is 28.8 Å². The molecule has 0 bridgehead atoms. The maximum absolute atomic E-state index is 11.8. The van der Waals surface area contributed by atoms with Crippen LogP contribution in [0.25, 0.3) is 10.8 Å². The zero-order valence-corrected chi connectivity index (χ0v) is 16.9. The monoisotopic (exact) mass is 403 g/mol. The van der Waals surface area contributed by atoms with Gasteiger partial charge in [-0.2, -0.15) is 5.10 Å². The molecular formula is C24H25N3O3.